The highest BCUT2D eigenvalue weighted by molar-refractivity contribution is 7.98. The van der Waals surface area contributed by atoms with Gasteiger partial charge in [-0.2, -0.15) is 17.0 Å². The van der Waals surface area contributed by atoms with Crippen LogP contribution in [0.4, 0.5) is 0 Å². The zero-order chi connectivity index (χ0) is 20.1. The maximum Gasteiger partial charge on any atom is 0.306 e. The van der Waals surface area contributed by atoms with Crippen molar-refractivity contribution in [3.05, 3.63) is 23.8 Å². The molecule has 1 aromatic carbocycles. The second-order valence-electron chi connectivity index (χ2n) is 8.04. The summed E-state index contributed by atoms with van der Waals surface area (Å²) < 4.78 is 11.4. The third kappa shape index (κ3) is 4.25. The van der Waals surface area contributed by atoms with E-state index in [-0.39, 0.29) is 5.92 Å². The average molecular weight is 404 g/mol. The summed E-state index contributed by atoms with van der Waals surface area (Å²) in [6.07, 6.45) is 7.05. The number of hydrogen-bond donors (Lipinski definition) is 1. The first kappa shape index (κ1) is 20.9. The van der Waals surface area contributed by atoms with E-state index in [9.17, 15) is 15.2 Å². The molecule has 28 heavy (non-hydrogen) atoms. The largest absolute Gasteiger partial charge is 0.493 e. The van der Waals surface area contributed by atoms with E-state index >= 15 is 0 Å². The molecule has 2 aliphatic rings. The highest BCUT2D eigenvalue weighted by Gasteiger charge is 2.52. The molecule has 6 heteroatoms. The Balaban J connectivity index is 1.74. The molecule has 0 aliphatic heterocycles. The van der Waals surface area contributed by atoms with Gasteiger partial charge in [-0.3, -0.25) is 4.79 Å². The van der Waals surface area contributed by atoms with Gasteiger partial charge in [0.15, 0.2) is 11.5 Å². The number of hydrogen-bond acceptors (Lipinski definition) is 5. The van der Waals surface area contributed by atoms with Crippen LogP contribution < -0.4 is 9.47 Å². The van der Waals surface area contributed by atoms with Gasteiger partial charge in [0.2, 0.25) is 0 Å². The minimum absolute atomic E-state index is 0.247. The van der Waals surface area contributed by atoms with Gasteiger partial charge in [0.25, 0.3) is 0 Å². The normalized spacial score (nSPS) is 28.5. The van der Waals surface area contributed by atoms with Crippen LogP contribution in [0.1, 0.15) is 44.1 Å². The molecular formula is C22H29NO4S. The summed E-state index contributed by atoms with van der Waals surface area (Å²) in [6, 6.07) is 8.39. The van der Waals surface area contributed by atoms with Crippen LogP contribution in [-0.4, -0.2) is 36.8 Å². The lowest BCUT2D eigenvalue weighted by Crippen LogP contribution is -2.23. The molecule has 3 rings (SSSR count). The number of methoxy groups -OCH3 is 1. The van der Waals surface area contributed by atoms with Gasteiger partial charge in [-0.15, -0.1) is 0 Å². The van der Waals surface area contributed by atoms with E-state index in [4.69, 9.17) is 9.47 Å². The zero-order valence-corrected chi connectivity index (χ0v) is 17.5. The van der Waals surface area contributed by atoms with Crippen molar-refractivity contribution in [3.8, 4) is 17.6 Å². The van der Waals surface area contributed by atoms with Crippen molar-refractivity contribution in [1.82, 2.24) is 0 Å². The number of carbonyl (C=O) groups is 1. The van der Waals surface area contributed by atoms with Gasteiger partial charge in [-0.05, 0) is 80.1 Å². The van der Waals surface area contributed by atoms with Crippen molar-refractivity contribution in [2.24, 2.45) is 17.8 Å². The molecule has 2 aliphatic carbocycles. The van der Waals surface area contributed by atoms with Gasteiger partial charge >= 0.3 is 5.97 Å². The van der Waals surface area contributed by atoms with Crippen LogP contribution in [0.5, 0.6) is 11.5 Å². The van der Waals surface area contributed by atoms with E-state index in [1.807, 2.05) is 30.0 Å². The molecular weight excluding hydrogens is 374 g/mol. The van der Waals surface area contributed by atoms with Crippen molar-refractivity contribution in [3.63, 3.8) is 0 Å². The molecule has 0 amide bonds. The Labute approximate surface area is 171 Å². The highest BCUT2D eigenvalue weighted by Crippen LogP contribution is 2.56. The molecule has 0 heterocycles. The van der Waals surface area contributed by atoms with Gasteiger partial charge in [0.05, 0.1) is 31.1 Å². The number of nitriles is 1. The van der Waals surface area contributed by atoms with Gasteiger partial charge < -0.3 is 14.6 Å². The first-order chi connectivity index (χ1) is 13.5. The molecule has 4 atom stereocenters. The first-order valence-electron chi connectivity index (χ1n) is 9.97. The minimum atomic E-state index is -0.696. The van der Waals surface area contributed by atoms with Crippen molar-refractivity contribution >= 4 is 17.7 Å². The van der Waals surface area contributed by atoms with Crippen LogP contribution in [-0.2, 0) is 10.2 Å². The van der Waals surface area contributed by atoms with Crippen LogP contribution in [0.25, 0.3) is 0 Å². The molecule has 0 bridgehead atoms. The fourth-order valence-corrected chi connectivity index (χ4v) is 5.39. The van der Waals surface area contributed by atoms with Gasteiger partial charge in [0.1, 0.15) is 0 Å². The van der Waals surface area contributed by atoms with E-state index < -0.39 is 11.4 Å². The predicted octanol–water partition coefficient (Wildman–Crippen LogP) is 4.50. The quantitative estimate of drug-likeness (QED) is 0.612. The third-order valence-electron chi connectivity index (χ3n) is 6.34. The number of nitrogens with zero attached hydrogens (tertiary/aromatic N) is 1. The Kier molecular flexibility index (Phi) is 6.77. The monoisotopic (exact) mass is 403 g/mol. The van der Waals surface area contributed by atoms with Crippen LogP contribution >= 0.6 is 11.8 Å². The zero-order valence-electron chi connectivity index (χ0n) is 16.6. The number of thioether (sulfide) groups is 1. The number of rotatable bonds is 9. The molecule has 0 aromatic heterocycles. The number of aliphatic carboxylic acids is 1. The predicted molar refractivity (Wildman–Crippen MR) is 110 cm³/mol. The summed E-state index contributed by atoms with van der Waals surface area (Å²) in [5.74, 6) is 2.20. The van der Waals surface area contributed by atoms with E-state index in [1.165, 1.54) is 0 Å². The number of carboxylic acid groups (broad SMARTS) is 1. The topological polar surface area (TPSA) is 79.5 Å². The van der Waals surface area contributed by atoms with Crippen molar-refractivity contribution < 1.29 is 19.4 Å². The molecule has 2 unspecified atom stereocenters. The molecule has 152 valence electrons. The van der Waals surface area contributed by atoms with Crippen LogP contribution in [0.2, 0.25) is 0 Å². The van der Waals surface area contributed by atoms with Crippen LogP contribution in [0.15, 0.2) is 18.2 Å². The van der Waals surface area contributed by atoms with E-state index in [2.05, 4.69) is 12.3 Å². The van der Waals surface area contributed by atoms with E-state index in [0.29, 0.717) is 42.8 Å². The van der Waals surface area contributed by atoms with Gasteiger partial charge in [-0.25, -0.2) is 0 Å². The first-order valence-corrected chi connectivity index (χ1v) is 11.4. The molecule has 0 saturated heterocycles. The van der Waals surface area contributed by atoms with Crippen molar-refractivity contribution in [2.75, 3.05) is 25.7 Å². The number of unbranched alkanes of at least 4 members (excludes halogenated alkanes) is 1. The van der Waals surface area contributed by atoms with E-state index in [1.54, 1.807) is 7.11 Å². The Morgan fingerprint density at radius 3 is 2.57 bits per heavy atom. The van der Waals surface area contributed by atoms with Gasteiger partial charge in [-0.1, -0.05) is 6.07 Å². The lowest BCUT2D eigenvalue weighted by molar-refractivity contribution is -0.141. The highest BCUT2D eigenvalue weighted by atomic mass is 32.2. The van der Waals surface area contributed by atoms with Crippen LogP contribution in [0, 0.1) is 29.1 Å². The Bertz CT molecular complexity index is 731. The van der Waals surface area contributed by atoms with Crippen LogP contribution in [0.3, 0.4) is 0 Å². The molecule has 1 aromatic rings. The Hall–Kier alpha value is -1.87. The summed E-state index contributed by atoms with van der Waals surface area (Å²) in [7, 11) is 1.63. The summed E-state index contributed by atoms with van der Waals surface area (Å²) in [6.45, 7) is 0.630. The number of benzene rings is 1. The SMILES string of the molecule is COc1ccc(C2(C#N)C[C@H]3CC(C(=O)O)C[C@H]3C2)cc1OCCCCSC. The maximum atomic E-state index is 11.3. The second-order valence-corrected chi connectivity index (χ2v) is 9.03. The van der Waals surface area contributed by atoms with E-state index in [0.717, 1.165) is 37.0 Å². The lowest BCUT2D eigenvalue weighted by Gasteiger charge is -2.24. The fraction of sp³-hybridized carbons (Fsp3) is 0.636. The van der Waals surface area contributed by atoms with Crippen molar-refractivity contribution in [2.45, 2.75) is 43.9 Å². The summed E-state index contributed by atoms with van der Waals surface area (Å²) in [5, 5.41) is 19.4. The molecule has 0 radical (unpaired) electrons. The number of ether oxygens (including phenoxy) is 2. The number of fused-ring (bicyclic) bond motifs is 1. The molecule has 5 nitrogen and oxygen atoms in total. The summed E-state index contributed by atoms with van der Waals surface area (Å²) >= 11 is 1.83. The Morgan fingerprint density at radius 1 is 1.29 bits per heavy atom. The molecule has 1 N–H and O–H groups in total. The number of carboxylic acids is 1. The third-order valence-corrected chi connectivity index (χ3v) is 7.04. The smallest absolute Gasteiger partial charge is 0.306 e. The Morgan fingerprint density at radius 2 is 2.00 bits per heavy atom. The maximum absolute atomic E-state index is 11.3. The molecule has 0 spiro atoms. The molecule has 2 fully saturated rings. The summed E-state index contributed by atoms with van der Waals surface area (Å²) in [5.41, 5.74) is 0.415. The fourth-order valence-electron chi connectivity index (χ4n) is 4.90. The lowest BCUT2D eigenvalue weighted by atomic mass is 9.77. The van der Waals surface area contributed by atoms with Crippen molar-refractivity contribution in [1.29, 1.82) is 5.26 Å². The average Bonchev–Trinajstić information content (AvgIpc) is 3.24. The molecule has 2 saturated carbocycles. The standard InChI is InChI=1S/C22H29NO4S/c1-26-19-6-5-18(11-20(19)27-7-3-4-8-28-2)22(14-23)12-16-9-15(21(24)25)10-17(16)13-22/h5-6,11,15-17H,3-4,7-10,12-13H2,1-2H3,(H,24,25)/t15?,16-,17+,22?. The minimum Gasteiger partial charge on any atom is -0.493 e. The van der Waals surface area contributed by atoms with Gasteiger partial charge in [0, 0.05) is 0 Å². The second kappa shape index (κ2) is 9.09. The summed E-state index contributed by atoms with van der Waals surface area (Å²) in [4.78, 5) is 11.3.